The quantitative estimate of drug-likeness (QED) is 0.821. The normalized spacial score (nSPS) is 15.5. The molecule has 2 aromatic carbocycles. The van der Waals surface area contributed by atoms with E-state index >= 15 is 0 Å². The summed E-state index contributed by atoms with van der Waals surface area (Å²) in [5.74, 6) is 0.193. The molecule has 0 aromatic heterocycles. The first-order valence-electron chi connectivity index (χ1n) is 8.86. The number of hydrogen-bond acceptors (Lipinski definition) is 4. The zero-order chi connectivity index (χ0) is 19.2. The fourth-order valence-electron chi connectivity index (χ4n) is 3.14. The molecule has 1 heterocycles. The van der Waals surface area contributed by atoms with E-state index in [9.17, 15) is 9.18 Å². The Balaban J connectivity index is 1.46. The summed E-state index contributed by atoms with van der Waals surface area (Å²) >= 11 is 5.84. The predicted octanol–water partition coefficient (Wildman–Crippen LogP) is 3.24. The number of hydrogen-bond donors (Lipinski definition) is 1. The molecule has 0 atom stereocenters. The molecule has 0 aliphatic carbocycles. The molecular formula is C20H23ClFN3O2. The van der Waals surface area contributed by atoms with Gasteiger partial charge in [-0.2, -0.15) is 0 Å². The molecule has 27 heavy (non-hydrogen) atoms. The van der Waals surface area contributed by atoms with E-state index in [4.69, 9.17) is 16.3 Å². The Labute approximate surface area is 163 Å². The Morgan fingerprint density at radius 3 is 2.56 bits per heavy atom. The average Bonchev–Trinajstić information content (AvgIpc) is 2.67. The molecule has 144 valence electrons. The smallest absolute Gasteiger partial charge is 0.238 e. The van der Waals surface area contributed by atoms with E-state index in [0.29, 0.717) is 18.0 Å². The van der Waals surface area contributed by atoms with Crippen molar-refractivity contribution in [3.8, 4) is 5.75 Å². The van der Waals surface area contributed by atoms with Gasteiger partial charge in [-0.3, -0.25) is 14.6 Å². The van der Waals surface area contributed by atoms with Crippen molar-refractivity contribution in [3.05, 3.63) is 58.9 Å². The van der Waals surface area contributed by atoms with Crippen molar-refractivity contribution in [1.82, 2.24) is 9.80 Å². The van der Waals surface area contributed by atoms with Crippen molar-refractivity contribution < 1.29 is 13.9 Å². The highest BCUT2D eigenvalue weighted by Crippen LogP contribution is 2.23. The van der Waals surface area contributed by atoms with Crippen LogP contribution >= 0.6 is 11.6 Å². The second kappa shape index (κ2) is 9.17. The maximum atomic E-state index is 13.3. The van der Waals surface area contributed by atoms with E-state index < -0.39 is 5.82 Å². The number of ether oxygens (including phenoxy) is 1. The molecule has 1 N–H and O–H groups in total. The summed E-state index contributed by atoms with van der Waals surface area (Å²) in [6.45, 7) is 4.35. The number of carbonyl (C=O) groups excluding carboxylic acids is 1. The van der Waals surface area contributed by atoms with Crippen molar-refractivity contribution >= 4 is 23.2 Å². The summed E-state index contributed by atoms with van der Waals surface area (Å²) in [4.78, 5) is 16.7. The molecule has 5 nitrogen and oxygen atoms in total. The van der Waals surface area contributed by atoms with Crippen LogP contribution in [-0.4, -0.2) is 55.5 Å². The fourth-order valence-corrected chi connectivity index (χ4v) is 3.35. The van der Waals surface area contributed by atoms with Crippen LogP contribution in [0, 0.1) is 5.82 Å². The van der Waals surface area contributed by atoms with E-state index in [1.807, 2.05) is 24.3 Å². The Bertz CT molecular complexity index is 795. The first-order valence-corrected chi connectivity index (χ1v) is 9.24. The minimum absolute atomic E-state index is 0.0572. The Hall–Kier alpha value is -2.15. The number of nitrogens with one attached hydrogen (secondary N) is 1. The average molecular weight is 392 g/mol. The molecule has 1 aliphatic rings. The molecule has 0 unspecified atom stereocenters. The van der Waals surface area contributed by atoms with Gasteiger partial charge in [-0.15, -0.1) is 0 Å². The number of piperazine rings is 1. The highest BCUT2D eigenvalue weighted by atomic mass is 35.5. The van der Waals surface area contributed by atoms with Crippen LogP contribution in [0.25, 0.3) is 0 Å². The molecule has 0 radical (unpaired) electrons. The number of amides is 1. The monoisotopic (exact) mass is 391 g/mol. The Morgan fingerprint density at radius 2 is 1.85 bits per heavy atom. The van der Waals surface area contributed by atoms with Gasteiger partial charge in [0, 0.05) is 32.7 Å². The largest absolute Gasteiger partial charge is 0.495 e. The van der Waals surface area contributed by atoms with Gasteiger partial charge in [0.2, 0.25) is 5.91 Å². The summed E-state index contributed by atoms with van der Waals surface area (Å²) in [7, 11) is 1.58. The van der Waals surface area contributed by atoms with Crippen molar-refractivity contribution in [3.63, 3.8) is 0 Å². The van der Waals surface area contributed by atoms with Gasteiger partial charge < -0.3 is 10.1 Å². The molecule has 7 heteroatoms. The molecular weight excluding hydrogens is 369 g/mol. The van der Waals surface area contributed by atoms with Crippen molar-refractivity contribution in [2.45, 2.75) is 6.54 Å². The van der Waals surface area contributed by atoms with Crippen LogP contribution < -0.4 is 10.1 Å². The zero-order valence-corrected chi connectivity index (χ0v) is 16.0. The summed E-state index contributed by atoms with van der Waals surface area (Å²) in [5.41, 5.74) is 1.67. The number of halogens is 2. The van der Waals surface area contributed by atoms with E-state index in [2.05, 4.69) is 15.1 Å². The molecule has 1 aliphatic heterocycles. The Morgan fingerprint density at radius 1 is 1.15 bits per heavy atom. The number of carbonyl (C=O) groups is 1. The lowest BCUT2D eigenvalue weighted by atomic mass is 10.2. The summed E-state index contributed by atoms with van der Waals surface area (Å²) in [6, 6.07) is 12.2. The van der Waals surface area contributed by atoms with Crippen LogP contribution in [0.4, 0.5) is 10.1 Å². The van der Waals surface area contributed by atoms with Gasteiger partial charge in [0.25, 0.3) is 0 Å². The summed E-state index contributed by atoms with van der Waals surface area (Å²) in [5, 5.41) is 3.05. The number of benzene rings is 2. The van der Waals surface area contributed by atoms with E-state index in [1.54, 1.807) is 19.2 Å². The van der Waals surface area contributed by atoms with Crippen LogP contribution in [0.1, 0.15) is 5.56 Å². The highest BCUT2D eigenvalue weighted by molar-refractivity contribution is 6.30. The van der Waals surface area contributed by atoms with Gasteiger partial charge >= 0.3 is 0 Å². The third-order valence-electron chi connectivity index (χ3n) is 4.60. The second-order valence-electron chi connectivity index (χ2n) is 6.55. The lowest BCUT2D eigenvalue weighted by Gasteiger charge is -2.34. The molecule has 3 rings (SSSR count). The van der Waals surface area contributed by atoms with E-state index in [0.717, 1.165) is 38.3 Å². The number of para-hydroxylation sites is 2. The Kier molecular flexibility index (Phi) is 6.66. The van der Waals surface area contributed by atoms with Gasteiger partial charge in [0.1, 0.15) is 11.6 Å². The predicted molar refractivity (Wildman–Crippen MR) is 105 cm³/mol. The van der Waals surface area contributed by atoms with Crippen molar-refractivity contribution in [2.75, 3.05) is 45.2 Å². The fraction of sp³-hybridized carbons (Fsp3) is 0.350. The maximum Gasteiger partial charge on any atom is 0.238 e. The highest BCUT2D eigenvalue weighted by Gasteiger charge is 2.19. The van der Waals surface area contributed by atoms with Crippen LogP contribution in [-0.2, 0) is 11.3 Å². The van der Waals surface area contributed by atoms with E-state index in [-0.39, 0.29) is 10.9 Å². The third-order valence-corrected chi connectivity index (χ3v) is 4.89. The molecule has 0 bridgehead atoms. The number of anilines is 1. The second-order valence-corrected chi connectivity index (χ2v) is 6.96. The zero-order valence-electron chi connectivity index (χ0n) is 15.3. The molecule has 1 amide bonds. The van der Waals surface area contributed by atoms with Crippen molar-refractivity contribution in [2.24, 2.45) is 0 Å². The lowest BCUT2D eigenvalue weighted by molar-refractivity contribution is -0.117. The minimum atomic E-state index is -0.397. The summed E-state index contributed by atoms with van der Waals surface area (Å²) in [6.07, 6.45) is 0. The van der Waals surface area contributed by atoms with Crippen LogP contribution in [0.5, 0.6) is 5.75 Å². The van der Waals surface area contributed by atoms with Crippen LogP contribution in [0.15, 0.2) is 42.5 Å². The molecule has 0 spiro atoms. The molecule has 1 saturated heterocycles. The van der Waals surface area contributed by atoms with Gasteiger partial charge in [0.05, 0.1) is 24.4 Å². The van der Waals surface area contributed by atoms with E-state index in [1.165, 1.54) is 6.07 Å². The maximum absolute atomic E-state index is 13.3. The molecule has 2 aromatic rings. The van der Waals surface area contributed by atoms with Crippen LogP contribution in [0.3, 0.4) is 0 Å². The number of methoxy groups -OCH3 is 1. The summed E-state index contributed by atoms with van der Waals surface area (Å²) < 4.78 is 18.5. The number of nitrogens with zero attached hydrogens (tertiary/aromatic N) is 2. The SMILES string of the molecule is COc1ccccc1NC(=O)CN1CCN(Cc2ccc(F)c(Cl)c2)CC1. The molecule has 1 fully saturated rings. The minimum Gasteiger partial charge on any atom is -0.495 e. The first kappa shape index (κ1) is 19.6. The third kappa shape index (κ3) is 5.42. The standard InChI is InChI=1S/C20H23ClFN3O2/c1-27-19-5-3-2-4-18(19)23-20(26)14-25-10-8-24(9-11-25)13-15-6-7-17(22)16(21)12-15/h2-7,12H,8-11,13-14H2,1H3,(H,23,26). The van der Waals surface area contributed by atoms with Crippen molar-refractivity contribution in [1.29, 1.82) is 0 Å². The van der Waals surface area contributed by atoms with Crippen LogP contribution in [0.2, 0.25) is 5.02 Å². The topological polar surface area (TPSA) is 44.8 Å². The van der Waals surface area contributed by atoms with Gasteiger partial charge in [0.15, 0.2) is 0 Å². The first-order chi connectivity index (χ1) is 13.0. The van der Waals surface area contributed by atoms with Gasteiger partial charge in [-0.25, -0.2) is 4.39 Å². The van der Waals surface area contributed by atoms with Gasteiger partial charge in [-0.1, -0.05) is 29.8 Å². The molecule has 0 saturated carbocycles. The lowest BCUT2D eigenvalue weighted by Crippen LogP contribution is -2.48. The number of rotatable bonds is 6. The van der Waals surface area contributed by atoms with Gasteiger partial charge in [-0.05, 0) is 29.8 Å².